The van der Waals surface area contributed by atoms with E-state index in [2.05, 4.69) is 14.9 Å². The topological polar surface area (TPSA) is 75.5 Å². The van der Waals surface area contributed by atoms with Gasteiger partial charge in [0, 0.05) is 11.3 Å². The zero-order valence-corrected chi connectivity index (χ0v) is 19.5. The van der Waals surface area contributed by atoms with Gasteiger partial charge in [-0.15, -0.1) is 10.2 Å². The number of thioether (sulfide) groups is 1. The van der Waals surface area contributed by atoms with Crippen LogP contribution in [0.1, 0.15) is 16.2 Å². The summed E-state index contributed by atoms with van der Waals surface area (Å²) < 4.78 is 41.9. The van der Waals surface area contributed by atoms with E-state index in [-0.39, 0.29) is 23.9 Å². The average molecular weight is 498 g/mol. The minimum absolute atomic E-state index is 0.00507. The van der Waals surface area contributed by atoms with E-state index in [0.29, 0.717) is 22.3 Å². The van der Waals surface area contributed by atoms with Gasteiger partial charge in [0.15, 0.2) is 16.8 Å². The number of Topliss-reactive ketones (excluding diaryl/α,β-unsaturated/α-hetero) is 1. The maximum Gasteiger partial charge on any atom is 0.387 e. The summed E-state index contributed by atoms with van der Waals surface area (Å²) in [6, 6.07) is 22.3. The van der Waals surface area contributed by atoms with Crippen molar-refractivity contribution in [3.8, 4) is 22.9 Å². The second-order valence-electron chi connectivity index (χ2n) is 7.15. The van der Waals surface area contributed by atoms with Crippen molar-refractivity contribution < 1.29 is 27.8 Å². The summed E-state index contributed by atoms with van der Waals surface area (Å²) >= 11 is 1.22. The van der Waals surface area contributed by atoms with E-state index in [0.717, 1.165) is 11.4 Å². The van der Waals surface area contributed by atoms with Crippen molar-refractivity contribution in [2.45, 2.75) is 18.4 Å². The lowest BCUT2D eigenvalue weighted by Crippen LogP contribution is -2.08. The van der Waals surface area contributed by atoms with Gasteiger partial charge in [-0.05, 0) is 60.7 Å². The number of rotatable bonds is 11. The molecule has 0 aliphatic rings. The number of alkyl halides is 2. The molecule has 1 aromatic heterocycles. The molecule has 4 aromatic rings. The zero-order valence-electron chi connectivity index (χ0n) is 18.6. The highest BCUT2D eigenvalue weighted by Crippen LogP contribution is 2.25. The predicted molar refractivity (Wildman–Crippen MR) is 127 cm³/mol. The smallest absolute Gasteiger partial charge is 0.387 e. The highest BCUT2D eigenvalue weighted by atomic mass is 32.2. The first-order chi connectivity index (χ1) is 17.0. The van der Waals surface area contributed by atoms with Crippen LogP contribution >= 0.6 is 11.8 Å². The van der Waals surface area contributed by atoms with E-state index in [1.165, 1.54) is 36.0 Å². The van der Waals surface area contributed by atoms with Gasteiger partial charge in [0.1, 0.15) is 23.9 Å². The van der Waals surface area contributed by atoms with Crippen molar-refractivity contribution in [2.24, 2.45) is 0 Å². The van der Waals surface area contributed by atoms with Crippen molar-refractivity contribution in [3.05, 3.63) is 90.3 Å². The minimum Gasteiger partial charge on any atom is -0.497 e. The minimum atomic E-state index is -2.92. The molecule has 180 valence electrons. The number of carbonyl (C=O) groups excluding carboxylic acids is 1. The van der Waals surface area contributed by atoms with E-state index in [9.17, 15) is 13.6 Å². The van der Waals surface area contributed by atoms with Crippen LogP contribution in [0.5, 0.6) is 17.2 Å². The summed E-state index contributed by atoms with van der Waals surface area (Å²) in [5.74, 6) is 1.84. The summed E-state index contributed by atoms with van der Waals surface area (Å²) in [4.78, 5) is 12.7. The molecule has 4 rings (SSSR count). The number of aromatic nitrogens is 3. The molecule has 35 heavy (non-hydrogen) atoms. The highest BCUT2D eigenvalue weighted by molar-refractivity contribution is 7.99. The molecular formula is C25H21F2N3O4S. The lowest BCUT2D eigenvalue weighted by atomic mass is 10.1. The fourth-order valence-corrected chi connectivity index (χ4v) is 4.04. The standard InChI is InChI=1S/C25H21F2N3O4S/c1-32-19-11-13-20(14-12-19)33-15-23-28-29-25(30(23)18-5-3-2-4-6-18)35-16-22(31)17-7-9-21(10-8-17)34-24(26)27/h2-14,24H,15-16H2,1H3. The largest absolute Gasteiger partial charge is 0.497 e. The molecule has 10 heteroatoms. The highest BCUT2D eigenvalue weighted by Gasteiger charge is 2.17. The van der Waals surface area contributed by atoms with Crippen LogP contribution in [-0.2, 0) is 6.61 Å². The van der Waals surface area contributed by atoms with Crippen LogP contribution in [0, 0.1) is 0 Å². The lowest BCUT2D eigenvalue weighted by Gasteiger charge is -2.11. The lowest BCUT2D eigenvalue weighted by molar-refractivity contribution is -0.0498. The number of ether oxygens (including phenoxy) is 3. The third kappa shape index (κ3) is 6.36. The summed E-state index contributed by atoms with van der Waals surface area (Å²) in [7, 11) is 1.60. The second-order valence-corrected chi connectivity index (χ2v) is 8.09. The summed E-state index contributed by atoms with van der Waals surface area (Å²) in [6.45, 7) is -2.76. The number of hydrogen-bond donors (Lipinski definition) is 0. The molecule has 7 nitrogen and oxygen atoms in total. The van der Waals surface area contributed by atoms with Crippen LogP contribution in [-0.4, -0.2) is 40.0 Å². The molecule has 0 atom stereocenters. The molecule has 1 heterocycles. The van der Waals surface area contributed by atoms with Crippen molar-refractivity contribution in [1.82, 2.24) is 14.8 Å². The molecular weight excluding hydrogens is 476 g/mol. The monoisotopic (exact) mass is 497 g/mol. The average Bonchev–Trinajstić information content (AvgIpc) is 3.29. The van der Waals surface area contributed by atoms with Crippen LogP contribution in [0.15, 0.2) is 84.0 Å². The van der Waals surface area contributed by atoms with Gasteiger partial charge in [0.2, 0.25) is 0 Å². The quantitative estimate of drug-likeness (QED) is 0.202. The molecule has 0 unspecified atom stereocenters. The van der Waals surface area contributed by atoms with Gasteiger partial charge in [0.05, 0.1) is 12.9 Å². The molecule has 3 aromatic carbocycles. The number of para-hydroxylation sites is 1. The fourth-order valence-electron chi connectivity index (χ4n) is 3.18. The van der Waals surface area contributed by atoms with Crippen LogP contribution in [0.4, 0.5) is 8.78 Å². The summed E-state index contributed by atoms with van der Waals surface area (Å²) in [6.07, 6.45) is 0. The third-order valence-electron chi connectivity index (χ3n) is 4.88. The first-order valence-corrected chi connectivity index (χ1v) is 11.5. The number of nitrogens with zero attached hydrogens (tertiary/aromatic N) is 3. The molecule has 0 N–H and O–H groups in total. The van der Waals surface area contributed by atoms with Crippen LogP contribution in [0.2, 0.25) is 0 Å². The Bertz CT molecular complexity index is 1250. The number of benzene rings is 3. The molecule has 0 spiro atoms. The maximum absolute atomic E-state index is 12.7. The molecule has 0 saturated carbocycles. The number of halogens is 2. The zero-order chi connectivity index (χ0) is 24.6. The first kappa shape index (κ1) is 24.2. The van der Waals surface area contributed by atoms with E-state index in [1.54, 1.807) is 31.4 Å². The van der Waals surface area contributed by atoms with Gasteiger partial charge in [-0.25, -0.2) is 0 Å². The Labute approximate surface area is 204 Å². The number of methoxy groups -OCH3 is 1. The van der Waals surface area contributed by atoms with E-state index >= 15 is 0 Å². The van der Waals surface area contributed by atoms with E-state index < -0.39 is 6.61 Å². The predicted octanol–water partition coefficient (Wildman–Crippen LogP) is 5.43. The van der Waals surface area contributed by atoms with Gasteiger partial charge in [-0.3, -0.25) is 9.36 Å². The van der Waals surface area contributed by atoms with Gasteiger partial charge in [-0.2, -0.15) is 8.78 Å². The summed E-state index contributed by atoms with van der Waals surface area (Å²) in [5.41, 5.74) is 1.21. The van der Waals surface area contributed by atoms with Crippen LogP contribution < -0.4 is 14.2 Å². The molecule has 0 radical (unpaired) electrons. The van der Waals surface area contributed by atoms with Crippen molar-refractivity contribution in [3.63, 3.8) is 0 Å². The van der Waals surface area contributed by atoms with E-state index in [4.69, 9.17) is 9.47 Å². The Kier molecular flexibility index (Phi) is 7.94. The van der Waals surface area contributed by atoms with Gasteiger partial charge >= 0.3 is 6.61 Å². The van der Waals surface area contributed by atoms with Crippen molar-refractivity contribution in [2.75, 3.05) is 12.9 Å². The molecule has 0 fully saturated rings. The Morgan fingerprint density at radius 2 is 1.57 bits per heavy atom. The Balaban J connectivity index is 1.48. The molecule has 0 amide bonds. The first-order valence-electron chi connectivity index (χ1n) is 10.5. The van der Waals surface area contributed by atoms with Gasteiger partial charge in [-0.1, -0.05) is 30.0 Å². The van der Waals surface area contributed by atoms with Crippen molar-refractivity contribution >= 4 is 17.5 Å². The summed E-state index contributed by atoms with van der Waals surface area (Å²) in [5, 5.41) is 9.06. The van der Waals surface area contributed by atoms with E-state index in [1.807, 2.05) is 34.9 Å². The number of hydrogen-bond acceptors (Lipinski definition) is 7. The Morgan fingerprint density at radius 3 is 2.23 bits per heavy atom. The molecule has 0 bridgehead atoms. The normalized spacial score (nSPS) is 10.9. The van der Waals surface area contributed by atoms with Gasteiger partial charge in [0.25, 0.3) is 0 Å². The second kappa shape index (κ2) is 11.5. The molecule has 0 saturated heterocycles. The van der Waals surface area contributed by atoms with Crippen LogP contribution in [0.3, 0.4) is 0 Å². The van der Waals surface area contributed by atoms with Gasteiger partial charge < -0.3 is 14.2 Å². The van der Waals surface area contributed by atoms with Crippen molar-refractivity contribution in [1.29, 1.82) is 0 Å². The maximum atomic E-state index is 12.7. The number of ketones is 1. The number of carbonyl (C=O) groups is 1. The molecule has 0 aliphatic heterocycles. The Morgan fingerprint density at radius 1 is 0.914 bits per heavy atom. The Hall–Kier alpha value is -3.92. The van der Waals surface area contributed by atoms with Crippen LogP contribution in [0.25, 0.3) is 5.69 Å². The molecule has 0 aliphatic carbocycles. The SMILES string of the molecule is COc1ccc(OCc2nnc(SCC(=O)c3ccc(OC(F)F)cc3)n2-c2ccccc2)cc1. The third-order valence-corrected chi connectivity index (χ3v) is 5.80. The fraction of sp³-hybridized carbons (Fsp3) is 0.160.